The van der Waals surface area contributed by atoms with Crippen molar-refractivity contribution in [2.24, 2.45) is 0 Å². The van der Waals surface area contributed by atoms with Crippen LogP contribution in [0.4, 0.5) is 4.79 Å². The van der Waals surface area contributed by atoms with Gasteiger partial charge in [0.05, 0.1) is 5.75 Å². The molecule has 1 rings (SSSR count). The van der Waals surface area contributed by atoms with Gasteiger partial charge in [-0.3, -0.25) is 9.69 Å². The third kappa shape index (κ3) is 3.18. The van der Waals surface area contributed by atoms with Crippen LogP contribution >= 0.6 is 0 Å². The van der Waals surface area contributed by atoms with Gasteiger partial charge in [-0.05, 0) is 20.3 Å². The molecule has 0 bridgehead atoms. The number of hydrogen-bond acceptors (Lipinski definition) is 4. The number of sulfone groups is 1. The lowest BCUT2D eigenvalue weighted by atomic mass is 10.1. The Morgan fingerprint density at radius 2 is 1.88 bits per heavy atom. The minimum Gasteiger partial charge on any atom is -0.324 e. The van der Waals surface area contributed by atoms with E-state index in [0.29, 0.717) is 0 Å². The third-order valence-corrected chi connectivity index (χ3v) is 4.51. The maximum Gasteiger partial charge on any atom is 0.325 e. The zero-order chi connectivity index (χ0) is 13.3. The fourth-order valence-electron chi connectivity index (χ4n) is 1.61. The highest BCUT2D eigenvalue weighted by atomic mass is 32.2. The molecular weight excluding hydrogens is 244 g/mol. The van der Waals surface area contributed by atoms with E-state index in [1.165, 1.54) is 0 Å². The number of imide groups is 1. The van der Waals surface area contributed by atoms with Crippen molar-refractivity contribution in [1.29, 1.82) is 0 Å². The van der Waals surface area contributed by atoms with Gasteiger partial charge >= 0.3 is 6.03 Å². The Morgan fingerprint density at radius 3 is 2.29 bits per heavy atom. The molecule has 0 atom stereocenters. The number of urea groups is 1. The second-order valence-corrected chi connectivity index (χ2v) is 7.07. The lowest BCUT2D eigenvalue weighted by Gasteiger charge is -2.15. The van der Waals surface area contributed by atoms with Gasteiger partial charge in [-0.2, -0.15) is 0 Å². The Hall–Kier alpha value is -1.11. The normalized spacial score (nSPS) is 19.6. The van der Waals surface area contributed by atoms with Gasteiger partial charge in [0.15, 0.2) is 0 Å². The summed E-state index contributed by atoms with van der Waals surface area (Å²) in [6, 6.07) is -0.450. The van der Waals surface area contributed by atoms with Crippen LogP contribution in [-0.4, -0.2) is 48.8 Å². The molecule has 0 spiro atoms. The van der Waals surface area contributed by atoms with Crippen LogP contribution in [0.15, 0.2) is 0 Å². The maximum absolute atomic E-state index is 11.8. The summed E-state index contributed by atoms with van der Waals surface area (Å²) in [6.07, 6.45) is 0.283. The van der Waals surface area contributed by atoms with Gasteiger partial charge in [-0.1, -0.05) is 6.92 Å². The first-order valence-corrected chi connectivity index (χ1v) is 7.36. The van der Waals surface area contributed by atoms with Crippen LogP contribution in [0.1, 0.15) is 27.2 Å². The average molecular weight is 262 g/mol. The molecule has 98 valence electrons. The molecule has 7 heteroatoms. The largest absolute Gasteiger partial charge is 0.325 e. The summed E-state index contributed by atoms with van der Waals surface area (Å²) in [5.74, 6) is -0.226. The molecule has 3 amide bonds. The van der Waals surface area contributed by atoms with Gasteiger partial charge in [-0.15, -0.1) is 0 Å². The van der Waals surface area contributed by atoms with E-state index in [2.05, 4.69) is 5.32 Å². The molecule has 1 heterocycles. The standard InChI is InChI=1S/C10H18N2O4S/c1-4-17(15,16)7-5-6-12-8(13)10(2,3)11-9(12)14/h4-7H2,1-3H3,(H,11,14). The van der Waals surface area contributed by atoms with Gasteiger partial charge < -0.3 is 5.32 Å². The zero-order valence-corrected chi connectivity index (χ0v) is 11.1. The van der Waals surface area contributed by atoms with E-state index in [1.807, 2.05) is 0 Å². The lowest BCUT2D eigenvalue weighted by Crippen LogP contribution is -2.40. The Kier molecular flexibility index (Phi) is 3.81. The molecule has 0 aliphatic carbocycles. The summed E-state index contributed by atoms with van der Waals surface area (Å²) in [5.41, 5.74) is -0.888. The first-order valence-electron chi connectivity index (χ1n) is 5.54. The van der Waals surface area contributed by atoms with Crippen LogP contribution in [0.5, 0.6) is 0 Å². The number of carbonyl (C=O) groups is 2. The van der Waals surface area contributed by atoms with Gasteiger partial charge in [0.25, 0.3) is 5.91 Å². The minimum absolute atomic E-state index is 0.000981. The van der Waals surface area contributed by atoms with Gasteiger partial charge in [-0.25, -0.2) is 13.2 Å². The van der Waals surface area contributed by atoms with E-state index >= 15 is 0 Å². The van der Waals surface area contributed by atoms with Crippen LogP contribution in [0.3, 0.4) is 0 Å². The maximum atomic E-state index is 11.8. The van der Waals surface area contributed by atoms with E-state index in [4.69, 9.17) is 0 Å². The summed E-state index contributed by atoms with van der Waals surface area (Å²) in [6.45, 7) is 4.96. The van der Waals surface area contributed by atoms with E-state index in [1.54, 1.807) is 20.8 Å². The van der Waals surface area contributed by atoms with Crippen molar-refractivity contribution in [2.45, 2.75) is 32.7 Å². The molecule has 0 aromatic rings. The molecule has 0 radical (unpaired) electrons. The quantitative estimate of drug-likeness (QED) is 0.714. The highest BCUT2D eigenvalue weighted by Crippen LogP contribution is 2.16. The number of nitrogens with one attached hydrogen (secondary N) is 1. The van der Waals surface area contributed by atoms with E-state index < -0.39 is 21.4 Å². The van der Waals surface area contributed by atoms with Gasteiger partial charge in [0, 0.05) is 12.3 Å². The fraction of sp³-hybridized carbons (Fsp3) is 0.800. The topological polar surface area (TPSA) is 83.6 Å². The Balaban J connectivity index is 2.54. The zero-order valence-electron chi connectivity index (χ0n) is 10.3. The first-order chi connectivity index (χ1) is 7.69. The first kappa shape index (κ1) is 14.0. The summed E-state index contributed by atoms with van der Waals surface area (Å²) >= 11 is 0. The SMILES string of the molecule is CCS(=O)(=O)CCCN1C(=O)NC(C)(C)C1=O. The predicted octanol–water partition coefficient (Wildman–Crippen LogP) is 0.142. The van der Waals surface area contributed by atoms with Gasteiger partial charge in [0.2, 0.25) is 0 Å². The van der Waals surface area contributed by atoms with Crippen LogP contribution in [0.2, 0.25) is 0 Å². The molecular formula is C10H18N2O4S. The Labute approximate surface area is 101 Å². The van der Waals surface area contributed by atoms with Crippen molar-refractivity contribution < 1.29 is 18.0 Å². The lowest BCUT2D eigenvalue weighted by molar-refractivity contribution is -0.130. The monoisotopic (exact) mass is 262 g/mol. The van der Waals surface area contributed by atoms with Crippen molar-refractivity contribution in [3.63, 3.8) is 0 Å². The number of carbonyl (C=O) groups excluding carboxylic acids is 2. The second-order valence-electron chi connectivity index (χ2n) is 4.60. The average Bonchev–Trinajstić information content (AvgIpc) is 2.40. The molecule has 1 fully saturated rings. The Bertz CT molecular complexity index is 428. The summed E-state index contributed by atoms with van der Waals surface area (Å²) in [4.78, 5) is 24.3. The van der Waals surface area contributed by atoms with Crippen LogP contribution < -0.4 is 5.32 Å². The number of hydrogen-bond donors (Lipinski definition) is 1. The summed E-state index contributed by atoms with van der Waals surface area (Å²) < 4.78 is 22.5. The highest BCUT2D eigenvalue weighted by molar-refractivity contribution is 7.91. The fourth-order valence-corrected chi connectivity index (χ4v) is 2.47. The molecule has 0 unspecified atom stereocenters. The molecule has 17 heavy (non-hydrogen) atoms. The Morgan fingerprint density at radius 1 is 1.29 bits per heavy atom. The van der Waals surface area contributed by atoms with Crippen molar-refractivity contribution in [2.75, 3.05) is 18.1 Å². The molecule has 1 N–H and O–H groups in total. The minimum atomic E-state index is -3.04. The molecule has 0 saturated carbocycles. The van der Waals surface area contributed by atoms with E-state index in [-0.39, 0.29) is 30.4 Å². The predicted molar refractivity (Wildman–Crippen MR) is 63.3 cm³/mol. The summed E-state index contributed by atoms with van der Waals surface area (Å²) in [5, 5.41) is 2.54. The highest BCUT2D eigenvalue weighted by Gasteiger charge is 2.43. The second kappa shape index (κ2) is 4.64. The molecule has 0 aromatic heterocycles. The van der Waals surface area contributed by atoms with Crippen molar-refractivity contribution in [1.82, 2.24) is 10.2 Å². The van der Waals surface area contributed by atoms with Crippen molar-refractivity contribution >= 4 is 21.8 Å². The number of rotatable bonds is 5. The van der Waals surface area contributed by atoms with Crippen LogP contribution in [0, 0.1) is 0 Å². The van der Waals surface area contributed by atoms with E-state index in [9.17, 15) is 18.0 Å². The van der Waals surface area contributed by atoms with Crippen molar-refractivity contribution in [3.05, 3.63) is 0 Å². The molecule has 0 aromatic carbocycles. The smallest absolute Gasteiger partial charge is 0.324 e. The third-order valence-electron chi connectivity index (χ3n) is 2.72. The molecule has 1 aliphatic heterocycles. The van der Waals surface area contributed by atoms with Crippen LogP contribution in [-0.2, 0) is 14.6 Å². The van der Waals surface area contributed by atoms with Crippen LogP contribution in [0.25, 0.3) is 0 Å². The van der Waals surface area contributed by atoms with E-state index in [0.717, 1.165) is 4.90 Å². The molecule has 1 saturated heterocycles. The van der Waals surface area contributed by atoms with Gasteiger partial charge in [0.1, 0.15) is 15.4 Å². The summed E-state index contributed by atoms with van der Waals surface area (Å²) in [7, 11) is -3.04. The number of nitrogens with zero attached hydrogens (tertiary/aromatic N) is 1. The van der Waals surface area contributed by atoms with Crippen molar-refractivity contribution in [3.8, 4) is 0 Å². The molecule has 6 nitrogen and oxygen atoms in total. The number of amides is 3. The molecule has 1 aliphatic rings.